The van der Waals surface area contributed by atoms with Crippen LogP contribution in [0.2, 0.25) is 0 Å². The van der Waals surface area contributed by atoms with Gasteiger partial charge < -0.3 is 15.1 Å². The number of piperazine rings is 1. The zero-order valence-electron chi connectivity index (χ0n) is 19.1. The first-order chi connectivity index (χ1) is 16.4. The van der Waals surface area contributed by atoms with E-state index in [1.807, 2.05) is 36.1 Å². The first kappa shape index (κ1) is 23.7. The van der Waals surface area contributed by atoms with E-state index in [-0.39, 0.29) is 17.6 Å². The number of nitrogens with one attached hydrogen (secondary N) is 1. The molecule has 1 N–H and O–H groups in total. The molecule has 1 aliphatic heterocycles. The van der Waals surface area contributed by atoms with Crippen LogP contribution in [-0.2, 0) is 10.5 Å². The second-order valence-electron chi connectivity index (χ2n) is 8.09. The van der Waals surface area contributed by atoms with Gasteiger partial charge >= 0.3 is 0 Å². The largest absolute Gasteiger partial charge is 0.353 e. The van der Waals surface area contributed by atoms with Gasteiger partial charge in [-0.25, -0.2) is 14.4 Å². The van der Waals surface area contributed by atoms with Crippen LogP contribution in [0.1, 0.15) is 28.5 Å². The van der Waals surface area contributed by atoms with Crippen LogP contribution in [0, 0.1) is 12.7 Å². The van der Waals surface area contributed by atoms with Gasteiger partial charge in [0, 0.05) is 61.9 Å². The first-order valence-corrected chi connectivity index (χ1v) is 12.0. The molecule has 0 saturated carbocycles. The number of benzene rings is 2. The van der Waals surface area contributed by atoms with Crippen molar-refractivity contribution >= 4 is 35.1 Å². The van der Waals surface area contributed by atoms with Crippen molar-refractivity contribution in [1.29, 1.82) is 0 Å². The summed E-state index contributed by atoms with van der Waals surface area (Å²) in [5.41, 5.74) is 2.92. The van der Waals surface area contributed by atoms with E-state index in [1.54, 1.807) is 13.0 Å². The van der Waals surface area contributed by atoms with Gasteiger partial charge in [0.1, 0.15) is 11.6 Å². The number of hydrogen-bond acceptors (Lipinski definition) is 6. The lowest BCUT2D eigenvalue weighted by Crippen LogP contribution is -2.48. The molecule has 0 bridgehead atoms. The quantitative estimate of drug-likeness (QED) is 0.423. The van der Waals surface area contributed by atoms with Crippen molar-refractivity contribution in [3.05, 3.63) is 77.2 Å². The molecule has 2 heterocycles. The van der Waals surface area contributed by atoms with Gasteiger partial charge in [-0.15, -0.1) is 0 Å². The number of aryl methyl sites for hydroxylation is 1. The molecule has 1 fully saturated rings. The molecule has 0 spiro atoms. The fourth-order valence-electron chi connectivity index (χ4n) is 3.69. The lowest BCUT2D eigenvalue weighted by atomic mass is 10.1. The van der Waals surface area contributed by atoms with E-state index in [4.69, 9.17) is 4.98 Å². The molecular formula is C25H26FN5O2S. The van der Waals surface area contributed by atoms with Crippen LogP contribution >= 0.6 is 11.8 Å². The van der Waals surface area contributed by atoms with Crippen LogP contribution in [0.3, 0.4) is 0 Å². The minimum Gasteiger partial charge on any atom is -0.353 e. The zero-order valence-corrected chi connectivity index (χ0v) is 19.9. The highest BCUT2D eigenvalue weighted by atomic mass is 32.2. The highest BCUT2D eigenvalue weighted by molar-refractivity contribution is 7.98. The van der Waals surface area contributed by atoms with Gasteiger partial charge in [0.2, 0.25) is 5.91 Å². The van der Waals surface area contributed by atoms with Gasteiger partial charge in [0.25, 0.3) is 5.91 Å². The van der Waals surface area contributed by atoms with E-state index in [9.17, 15) is 14.0 Å². The lowest BCUT2D eigenvalue weighted by molar-refractivity contribution is -0.129. The van der Waals surface area contributed by atoms with Gasteiger partial charge in [0.15, 0.2) is 5.16 Å². The molecule has 0 radical (unpaired) electrons. The number of rotatable bonds is 6. The Kier molecular flexibility index (Phi) is 7.42. The van der Waals surface area contributed by atoms with E-state index in [0.717, 1.165) is 30.2 Å². The summed E-state index contributed by atoms with van der Waals surface area (Å²) in [5.74, 6) is 0.974. The standard InChI is InChI=1S/C25H26FN5O2S/c1-17-14-23(31-12-10-30(11-13-31)18(2)32)29-25(27-17)34-16-19-4-3-5-20(15-19)24(33)28-22-8-6-21(26)7-9-22/h3-9,14-15H,10-13,16H2,1-2H3,(H,28,33). The summed E-state index contributed by atoms with van der Waals surface area (Å²) < 4.78 is 13.1. The van der Waals surface area contributed by atoms with Crippen molar-refractivity contribution < 1.29 is 14.0 Å². The zero-order chi connectivity index (χ0) is 24.1. The number of aromatic nitrogens is 2. The molecule has 0 atom stereocenters. The molecule has 3 aromatic rings. The Balaban J connectivity index is 1.39. The molecule has 9 heteroatoms. The van der Waals surface area contributed by atoms with Crippen LogP contribution in [0.25, 0.3) is 0 Å². The average molecular weight is 480 g/mol. The van der Waals surface area contributed by atoms with Gasteiger partial charge in [-0.1, -0.05) is 23.9 Å². The third kappa shape index (κ3) is 6.11. The summed E-state index contributed by atoms with van der Waals surface area (Å²) in [5, 5.41) is 3.45. The van der Waals surface area contributed by atoms with Gasteiger partial charge in [-0.05, 0) is 48.9 Å². The summed E-state index contributed by atoms with van der Waals surface area (Å²) in [6, 6.07) is 15.0. The SMILES string of the molecule is CC(=O)N1CCN(c2cc(C)nc(SCc3cccc(C(=O)Nc4ccc(F)cc4)c3)n2)CC1. The second-order valence-corrected chi connectivity index (χ2v) is 9.04. The maximum atomic E-state index is 13.1. The first-order valence-electron chi connectivity index (χ1n) is 11.0. The van der Waals surface area contributed by atoms with Crippen molar-refractivity contribution in [3.8, 4) is 0 Å². The van der Waals surface area contributed by atoms with Crippen molar-refractivity contribution in [3.63, 3.8) is 0 Å². The number of carbonyl (C=O) groups excluding carboxylic acids is 2. The highest BCUT2D eigenvalue weighted by Crippen LogP contribution is 2.24. The number of halogens is 1. The monoisotopic (exact) mass is 479 g/mol. The van der Waals surface area contributed by atoms with Gasteiger partial charge in [0.05, 0.1) is 0 Å². The summed E-state index contributed by atoms with van der Waals surface area (Å²) in [6.45, 7) is 6.40. The maximum Gasteiger partial charge on any atom is 0.255 e. The van der Waals surface area contributed by atoms with E-state index >= 15 is 0 Å². The predicted molar refractivity (Wildman–Crippen MR) is 132 cm³/mol. The molecule has 1 saturated heterocycles. The fraction of sp³-hybridized carbons (Fsp3) is 0.280. The summed E-state index contributed by atoms with van der Waals surface area (Å²) >= 11 is 1.51. The van der Waals surface area contributed by atoms with Gasteiger partial charge in [-0.3, -0.25) is 9.59 Å². The average Bonchev–Trinajstić information content (AvgIpc) is 2.84. The van der Waals surface area contributed by atoms with Crippen molar-refractivity contribution in [1.82, 2.24) is 14.9 Å². The van der Waals surface area contributed by atoms with Crippen LogP contribution in [0.4, 0.5) is 15.9 Å². The highest BCUT2D eigenvalue weighted by Gasteiger charge is 2.20. The summed E-state index contributed by atoms with van der Waals surface area (Å²) in [4.78, 5) is 37.5. The normalized spacial score (nSPS) is 13.6. The Bertz CT molecular complexity index is 1180. The Morgan fingerprint density at radius 1 is 1.03 bits per heavy atom. The minimum atomic E-state index is -0.350. The lowest BCUT2D eigenvalue weighted by Gasteiger charge is -2.35. The number of hydrogen-bond donors (Lipinski definition) is 1. The molecule has 1 aliphatic rings. The Morgan fingerprint density at radius 2 is 1.76 bits per heavy atom. The van der Waals surface area contributed by atoms with E-state index in [0.29, 0.717) is 35.2 Å². The van der Waals surface area contributed by atoms with Crippen LogP contribution in [-0.4, -0.2) is 52.9 Å². The second kappa shape index (κ2) is 10.6. The molecule has 1 aromatic heterocycles. The van der Waals surface area contributed by atoms with E-state index in [2.05, 4.69) is 15.2 Å². The Morgan fingerprint density at radius 3 is 2.47 bits per heavy atom. The van der Waals surface area contributed by atoms with E-state index in [1.165, 1.54) is 36.0 Å². The molecule has 34 heavy (non-hydrogen) atoms. The Hall–Kier alpha value is -3.46. The Labute approximate surface area is 202 Å². The number of nitrogens with zero attached hydrogens (tertiary/aromatic N) is 4. The number of carbonyl (C=O) groups is 2. The molecule has 2 aromatic carbocycles. The number of anilines is 2. The van der Waals surface area contributed by atoms with Crippen molar-refractivity contribution in [2.24, 2.45) is 0 Å². The molecule has 7 nitrogen and oxygen atoms in total. The number of thioether (sulfide) groups is 1. The topological polar surface area (TPSA) is 78.4 Å². The van der Waals surface area contributed by atoms with Crippen LogP contribution in [0.15, 0.2) is 59.8 Å². The van der Waals surface area contributed by atoms with E-state index < -0.39 is 0 Å². The number of amides is 2. The third-order valence-corrected chi connectivity index (χ3v) is 6.45. The smallest absolute Gasteiger partial charge is 0.255 e. The third-order valence-electron chi connectivity index (χ3n) is 5.53. The predicted octanol–water partition coefficient (Wildman–Crippen LogP) is 4.14. The van der Waals surface area contributed by atoms with Crippen molar-refractivity contribution in [2.75, 3.05) is 36.4 Å². The molecule has 4 rings (SSSR count). The summed E-state index contributed by atoms with van der Waals surface area (Å²) in [7, 11) is 0. The molecule has 176 valence electrons. The summed E-state index contributed by atoms with van der Waals surface area (Å²) in [6.07, 6.45) is 0. The molecular weight excluding hydrogens is 453 g/mol. The van der Waals surface area contributed by atoms with Crippen LogP contribution < -0.4 is 10.2 Å². The minimum absolute atomic E-state index is 0.100. The molecule has 2 amide bonds. The van der Waals surface area contributed by atoms with Crippen molar-refractivity contribution in [2.45, 2.75) is 24.8 Å². The fourth-order valence-corrected chi connectivity index (χ4v) is 4.53. The molecule has 0 unspecified atom stereocenters. The van der Waals surface area contributed by atoms with Crippen LogP contribution in [0.5, 0.6) is 0 Å². The molecule has 0 aliphatic carbocycles. The van der Waals surface area contributed by atoms with Gasteiger partial charge in [-0.2, -0.15) is 0 Å². The maximum absolute atomic E-state index is 13.1.